The van der Waals surface area contributed by atoms with E-state index >= 15 is 0 Å². The molecule has 1 aliphatic rings. The first-order valence-electron chi connectivity index (χ1n) is 14.2. The van der Waals surface area contributed by atoms with Crippen LogP contribution >= 0.6 is 0 Å². The van der Waals surface area contributed by atoms with Gasteiger partial charge in [-0.3, -0.25) is 14.5 Å². The minimum absolute atomic E-state index is 0.148. The summed E-state index contributed by atoms with van der Waals surface area (Å²) in [5, 5.41) is 6.85. The molecular weight excluding hydrogens is 542 g/mol. The summed E-state index contributed by atoms with van der Waals surface area (Å²) in [6.45, 7) is 4.71. The Hall–Kier alpha value is -5.15. The van der Waals surface area contributed by atoms with E-state index in [9.17, 15) is 9.59 Å². The van der Waals surface area contributed by atoms with E-state index in [0.717, 1.165) is 38.3 Å². The second-order valence-corrected chi connectivity index (χ2v) is 10.1. The number of benzene rings is 4. The van der Waals surface area contributed by atoms with Crippen molar-refractivity contribution in [2.24, 2.45) is 5.10 Å². The van der Waals surface area contributed by atoms with E-state index < -0.39 is 0 Å². The highest BCUT2D eigenvalue weighted by molar-refractivity contribution is 5.95. The molecule has 0 aromatic heterocycles. The monoisotopic (exact) mass is 577 g/mol. The molecule has 0 radical (unpaired) electrons. The molecule has 9 heteroatoms. The molecule has 4 aromatic carbocycles. The molecule has 1 heterocycles. The summed E-state index contributed by atoms with van der Waals surface area (Å²) in [4.78, 5) is 29.7. The average Bonchev–Trinajstić information content (AvgIpc) is 3.06. The minimum Gasteiger partial charge on any atom is -0.495 e. The van der Waals surface area contributed by atoms with Gasteiger partial charge in [0.1, 0.15) is 11.5 Å². The molecule has 43 heavy (non-hydrogen) atoms. The number of anilines is 2. The van der Waals surface area contributed by atoms with Crippen LogP contribution in [0, 0.1) is 0 Å². The Morgan fingerprint density at radius 1 is 0.837 bits per heavy atom. The molecule has 0 spiro atoms. The van der Waals surface area contributed by atoms with Crippen molar-refractivity contribution in [2.75, 3.05) is 50.1 Å². The van der Waals surface area contributed by atoms with Crippen molar-refractivity contribution in [3.8, 4) is 11.5 Å². The van der Waals surface area contributed by atoms with Crippen LogP contribution < -0.4 is 25.1 Å². The first kappa shape index (κ1) is 29.3. The van der Waals surface area contributed by atoms with Crippen LogP contribution in [-0.2, 0) is 11.3 Å². The van der Waals surface area contributed by atoms with Crippen LogP contribution in [0.3, 0.4) is 0 Å². The fourth-order valence-electron chi connectivity index (χ4n) is 4.79. The fourth-order valence-corrected chi connectivity index (χ4v) is 4.79. The molecule has 0 unspecified atom stereocenters. The van der Waals surface area contributed by atoms with Crippen molar-refractivity contribution in [3.63, 3.8) is 0 Å². The minimum atomic E-state index is -0.299. The van der Waals surface area contributed by atoms with Crippen molar-refractivity contribution in [2.45, 2.75) is 6.54 Å². The third-order valence-electron chi connectivity index (χ3n) is 7.13. The molecule has 4 aromatic rings. The lowest BCUT2D eigenvalue weighted by molar-refractivity contribution is -0.118. The van der Waals surface area contributed by atoms with Crippen LogP contribution in [0.2, 0.25) is 0 Å². The maximum absolute atomic E-state index is 12.6. The number of hydrazone groups is 1. The molecule has 1 fully saturated rings. The summed E-state index contributed by atoms with van der Waals surface area (Å²) in [5.41, 5.74) is 6.92. The smallest absolute Gasteiger partial charge is 0.271 e. The highest BCUT2D eigenvalue weighted by Crippen LogP contribution is 2.23. The predicted octanol–water partition coefficient (Wildman–Crippen LogP) is 4.80. The largest absolute Gasteiger partial charge is 0.495 e. The van der Waals surface area contributed by atoms with Crippen molar-refractivity contribution in [1.82, 2.24) is 10.3 Å². The Morgan fingerprint density at radius 3 is 2.26 bits per heavy atom. The number of nitrogens with zero attached hydrogens (tertiary/aromatic N) is 3. The van der Waals surface area contributed by atoms with E-state index in [-0.39, 0.29) is 18.4 Å². The van der Waals surface area contributed by atoms with Crippen LogP contribution in [0.25, 0.3) is 0 Å². The molecule has 5 rings (SSSR count). The summed E-state index contributed by atoms with van der Waals surface area (Å²) in [6, 6.07) is 32.4. The molecule has 9 nitrogen and oxygen atoms in total. The van der Waals surface area contributed by atoms with E-state index in [1.807, 2.05) is 42.5 Å². The molecule has 2 N–H and O–H groups in total. The Balaban J connectivity index is 1.03. The van der Waals surface area contributed by atoms with Crippen LogP contribution in [-0.4, -0.2) is 62.8 Å². The number of nitrogens with one attached hydrogen (secondary N) is 2. The van der Waals surface area contributed by atoms with Gasteiger partial charge in [-0.15, -0.1) is 0 Å². The van der Waals surface area contributed by atoms with Crippen molar-refractivity contribution in [1.29, 1.82) is 0 Å². The Morgan fingerprint density at radius 2 is 1.53 bits per heavy atom. The van der Waals surface area contributed by atoms with Gasteiger partial charge in [0.25, 0.3) is 11.8 Å². The second-order valence-electron chi connectivity index (χ2n) is 10.1. The van der Waals surface area contributed by atoms with Gasteiger partial charge in [0, 0.05) is 44.0 Å². The number of rotatable bonds is 11. The molecule has 0 aliphatic carbocycles. The second kappa shape index (κ2) is 14.7. The lowest BCUT2D eigenvalue weighted by atomic mass is 10.1. The molecule has 0 atom stereocenters. The highest BCUT2D eigenvalue weighted by Gasteiger charge is 2.17. The first-order chi connectivity index (χ1) is 21.1. The number of carbonyl (C=O) groups is 2. The first-order valence-corrected chi connectivity index (χ1v) is 14.2. The zero-order valence-electron chi connectivity index (χ0n) is 24.1. The number of hydrogen-bond donors (Lipinski definition) is 2. The fraction of sp³-hybridized carbons (Fsp3) is 0.206. The van der Waals surface area contributed by atoms with Gasteiger partial charge in [-0.25, -0.2) is 5.43 Å². The zero-order chi connectivity index (χ0) is 29.9. The predicted molar refractivity (Wildman–Crippen MR) is 169 cm³/mol. The Bertz CT molecular complexity index is 1520. The number of ether oxygens (including phenoxy) is 2. The van der Waals surface area contributed by atoms with E-state index in [0.29, 0.717) is 22.7 Å². The summed E-state index contributed by atoms with van der Waals surface area (Å²) in [7, 11) is 1.55. The molecule has 1 aliphatic heterocycles. The third-order valence-corrected chi connectivity index (χ3v) is 7.13. The van der Waals surface area contributed by atoms with Crippen molar-refractivity contribution >= 4 is 29.4 Å². The number of amides is 2. The molecule has 2 amide bonds. The van der Waals surface area contributed by atoms with E-state index in [1.54, 1.807) is 49.7 Å². The van der Waals surface area contributed by atoms with Crippen molar-refractivity contribution < 1.29 is 19.1 Å². The molecule has 1 saturated heterocycles. The normalized spacial score (nSPS) is 13.5. The van der Waals surface area contributed by atoms with Crippen LogP contribution in [0.5, 0.6) is 11.5 Å². The van der Waals surface area contributed by atoms with Crippen LogP contribution in [0.4, 0.5) is 11.4 Å². The van der Waals surface area contributed by atoms with Gasteiger partial charge in [-0.05, 0) is 71.8 Å². The van der Waals surface area contributed by atoms with Crippen LogP contribution in [0.1, 0.15) is 21.5 Å². The molecule has 0 bridgehead atoms. The molecule has 0 saturated carbocycles. The SMILES string of the molecule is COc1ccccc1NC(=O)COc1ccc(/C=N\NC(=O)c2ccc(CN3CCN(c4ccccc4)CC3)cc2)cc1. The van der Waals surface area contributed by atoms with Crippen molar-refractivity contribution in [3.05, 3.63) is 120 Å². The number of piperazine rings is 1. The number of hydrogen-bond acceptors (Lipinski definition) is 7. The summed E-state index contributed by atoms with van der Waals surface area (Å²) in [5.74, 6) is 0.537. The van der Waals surface area contributed by atoms with Gasteiger partial charge in [0.2, 0.25) is 0 Å². The van der Waals surface area contributed by atoms with Gasteiger partial charge in [0.15, 0.2) is 6.61 Å². The number of carbonyl (C=O) groups excluding carboxylic acids is 2. The molecule has 220 valence electrons. The lowest BCUT2D eigenvalue weighted by Gasteiger charge is -2.36. The third kappa shape index (κ3) is 8.43. The standard InChI is InChI=1S/C34H35N5O4/c1-42-32-10-6-5-9-31(32)36-33(40)25-43-30-17-13-26(14-18-30)23-35-37-34(41)28-15-11-27(12-16-28)24-38-19-21-39(22-20-38)29-7-3-2-4-8-29/h2-18,23H,19-22,24-25H2,1H3,(H,36,40)(H,37,41)/b35-23-. The van der Waals surface area contributed by atoms with Gasteiger partial charge in [-0.1, -0.05) is 42.5 Å². The topological polar surface area (TPSA) is 95.5 Å². The van der Waals surface area contributed by atoms with Gasteiger partial charge < -0.3 is 19.7 Å². The van der Waals surface area contributed by atoms with Gasteiger partial charge in [-0.2, -0.15) is 5.10 Å². The van der Waals surface area contributed by atoms with E-state index in [2.05, 4.69) is 49.9 Å². The summed E-state index contributed by atoms with van der Waals surface area (Å²) < 4.78 is 10.8. The van der Waals surface area contributed by atoms with Gasteiger partial charge >= 0.3 is 0 Å². The Kier molecular flexibility index (Phi) is 10.0. The van der Waals surface area contributed by atoms with E-state index in [4.69, 9.17) is 9.47 Å². The zero-order valence-corrected chi connectivity index (χ0v) is 24.1. The maximum atomic E-state index is 12.6. The van der Waals surface area contributed by atoms with Crippen LogP contribution in [0.15, 0.2) is 108 Å². The molecular formula is C34H35N5O4. The quantitative estimate of drug-likeness (QED) is 0.197. The lowest BCUT2D eigenvalue weighted by Crippen LogP contribution is -2.45. The number of para-hydroxylation sites is 3. The Labute approximate surface area is 251 Å². The summed E-state index contributed by atoms with van der Waals surface area (Å²) in [6.07, 6.45) is 1.56. The van der Waals surface area contributed by atoms with Gasteiger partial charge in [0.05, 0.1) is 19.0 Å². The van der Waals surface area contributed by atoms with E-state index in [1.165, 1.54) is 11.3 Å². The highest BCUT2D eigenvalue weighted by atomic mass is 16.5. The number of methoxy groups -OCH3 is 1. The maximum Gasteiger partial charge on any atom is 0.271 e. The summed E-state index contributed by atoms with van der Waals surface area (Å²) >= 11 is 0. The average molecular weight is 578 g/mol.